The lowest BCUT2D eigenvalue weighted by molar-refractivity contribution is -0.118. The van der Waals surface area contributed by atoms with Gasteiger partial charge in [0.15, 0.2) is 0 Å². The first-order valence-corrected chi connectivity index (χ1v) is 9.69. The number of benzene rings is 1. The fourth-order valence-electron chi connectivity index (χ4n) is 2.33. The fraction of sp³-hybridized carbons (Fsp3) is 0.562. The maximum atomic E-state index is 12.7. The van der Waals surface area contributed by atoms with Crippen LogP contribution in [0.4, 0.5) is 11.4 Å². The zero-order valence-electron chi connectivity index (χ0n) is 15.2. The summed E-state index contributed by atoms with van der Waals surface area (Å²) in [7, 11) is -2.17. The van der Waals surface area contributed by atoms with E-state index >= 15 is 0 Å². The van der Waals surface area contributed by atoms with Crippen molar-refractivity contribution in [3.8, 4) is 0 Å². The molecule has 0 bridgehead atoms. The molecule has 9 heteroatoms. The first kappa shape index (κ1) is 21.4. The van der Waals surface area contributed by atoms with Crippen LogP contribution in [0.25, 0.3) is 0 Å². The SMILES string of the molecule is CCNc1ccc(S(=O)(=O)N(CC)CC)cc1NC(=O)C(N)COC. The summed E-state index contributed by atoms with van der Waals surface area (Å²) in [5.74, 6) is -0.446. The Kier molecular flexibility index (Phi) is 8.30. The number of nitrogens with zero attached hydrogens (tertiary/aromatic N) is 1. The Hall–Kier alpha value is -1.68. The van der Waals surface area contributed by atoms with E-state index in [1.54, 1.807) is 19.9 Å². The molecule has 0 aliphatic rings. The number of anilines is 2. The Bertz CT molecular complexity index is 675. The molecule has 0 aliphatic heterocycles. The molecule has 1 atom stereocenters. The quantitative estimate of drug-likeness (QED) is 0.566. The molecule has 1 rings (SSSR count). The van der Waals surface area contributed by atoms with Gasteiger partial charge in [0.1, 0.15) is 6.04 Å². The summed E-state index contributed by atoms with van der Waals surface area (Å²) in [4.78, 5) is 12.3. The van der Waals surface area contributed by atoms with Crippen molar-refractivity contribution in [3.63, 3.8) is 0 Å². The summed E-state index contributed by atoms with van der Waals surface area (Å²) in [6.07, 6.45) is 0. The van der Waals surface area contributed by atoms with Crippen LogP contribution in [0.15, 0.2) is 23.1 Å². The molecule has 142 valence electrons. The predicted molar refractivity (Wildman–Crippen MR) is 99.2 cm³/mol. The Labute approximate surface area is 149 Å². The van der Waals surface area contributed by atoms with Gasteiger partial charge >= 0.3 is 0 Å². The van der Waals surface area contributed by atoms with Gasteiger partial charge in [-0.15, -0.1) is 0 Å². The first-order chi connectivity index (χ1) is 11.8. The van der Waals surface area contributed by atoms with Crippen LogP contribution in [0, 0.1) is 0 Å². The van der Waals surface area contributed by atoms with Crippen LogP contribution in [0.5, 0.6) is 0 Å². The summed E-state index contributed by atoms with van der Waals surface area (Å²) in [6.45, 7) is 6.89. The van der Waals surface area contributed by atoms with Gasteiger partial charge in [-0.2, -0.15) is 4.31 Å². The number of sulfonamides is 1. The van der Waals surface area contributed by atoms with Gasteiger partial charge < -0.3 is 21.1 Å². The van der Waals surface area contributed by atoms with E-state index in [9.17, 15) is 13.2 Å². The molecule has 0 saturated heterocycles. The van der Waals surface area contributed by atoms with Crippen LogP contribution in [-0.2, 0) is 19.6 Å². The smallest absolute Gasteiger partial charge is 0.243 e. The number of amides is 1. The zero-order chi connectivity index (χ0) is 19.0. The van der Waals surface area contributed by atoms with Crippen LogP contribution in [0.3, 0.4) is 0 Å². The average Bonchev–Trinajstić information content (AvgIpc) is 2.57. The van der Waals surface area contributed by atoms with Gasteiger partial charge in [-0.05, 0) is 25.1 Å². The van der Waals surface area contributed by atoms with Crippen LogP contribution in [0.1, 0.15) is 20.8 Å². The number of nitrogens with one attached hydrogen (secondary N) is 2. The van der Waals surface area contributed by atoms with E-state index in [1.807, 2.05) is 6.92 Å². The van der Waals surface area contributed by atoms with E-state index in [4.69, 9.17) is 10.5 Å². The van der Waals surface area contributed by atoms with Crippen LogP contribution < -0.4 is 16.4 Å². The number of carbonyl (C=O) groups excluding carboxylic acids is 1. The highest BCUT2D eigenvalue weighted by molar-refractivity contribution is 7.89. The van der Waals surface area contributed by atoms with Crippen LogP contribution in [-0.4, -0.2) is 58.0 Å². The second-order valence-corrected chi connectivity index (χ2v) is 7.32. The van der Waals surface area contributed by atoms with Crippen molar-refractivity contribution in [1.82, 2.24) is 4.31 Å². The Balaban J connectivity index is 3.23. The second kappa shape index (κ2) is 9.71. The summed E-state index contributed by atoms with van der Waals surface area (Å²) < 4.78 is 31.6. The fourth-order valence-corrected chi connectivity index (χ4v) is 3.81. The predicted octanol–water partition coefficient (Wildman–Crippen LogP) is 1.06. The van der Waals surface area contributed by atoms with E-state index in [1.165, 1.54) is 23.5 Å². The number of nitrogens with two attached hydrogens (primary N) is 1. The van der Waals surface area contributed by atoms with Crippen molar-refractivity contribution < 1.29 is 17.9 Å². The molecule has 1 amide bonds. The maximum absolute atomic E-state index is 12.7. The van der Waals surface area contributed by atoms with Crippen molar-refractivity contribution >= 4 is 27.3 Å². The minimum Gasteiger partial charge on any atom is -0.384 e. The van der Waals surface area contributed by atoms with Crippen molar-refractivity contribution in [2.75, 3.05) is 44.0 Å². The van der Waals surface area contributed by atoms with Gasteiger partial charge in [-0.25, -0.2) is 8.42 Å². The highest BCUT2D eigenvalue weighted by Crippen LogP contribution is 2.27. The number of rotatable bonds is 10. The maximum Gasteiger partial charge on any atom is 0.243 e. The van der Waals surface area contributed by atoms with Crippen molar-refractivity contribution in [3.05, 3.63) is 18.2 Å². The summed E-state index contributed by atoms with van der Waals surface area (Å²) in [5.41, 5.74) is 6.72. The molecule has 0 aliphatic carbocycles. The molecule has 8 nitrogen and oxygen atoms in total. The van der Waals surface area contributed by atoms with Gasteiger partial charge in [0.05, 0.1) is 22.9 Å². The Morgan fingerprint density at radius 2 is 1.88 bits per heavy atom. The summed E-state index contributed by atoms with van der Waals surface area (Å²) in [6, 6.07) is 3.76. The van der Waals surface area contributed by atoms with E-state index in [-0.39, 0.29) is 11.5 Å². The largest absolute Gasteiger partial charge is 0.384 e. The summed E-state index contributed by atoms with van der Waals surface area (Å²) >= 11 is 0. The second-order valence-electron chi connectivity index (χ2n) is 5.38. The molecule has 4 N–H and O–H groups in total. The highest BCUT2D eigenvalue weighted by Gasteiger charge is 2.23. The zero-order valence-corrected chi connectivity index (χ0v) is 16.0. The molecule has 0 aromatic heterocycles. The van der Waals surface area contributed by atoms with E-state index in [2.05, 4.69) is 10.6 Å². The molecule has 1 aromatic carbocycles. The lowest BCUT2D eigenvalue weighted by Gasteiger charge is -2.20. The molecule has 0 fully saturated rings. The number of hydrogen-bond acceptors (Lipinski definition) is 6. The number of carbonyl (C=O) groups is 1. The van der Waals surface area contributed by atoms with E-state index < -0.39 is 22.0 Å². The Morgan fingerprint density at radius 3 is 2.40 bits per heavy atom. The summed E-state index contributed by atoms with van der Waals surface area (Å²) in [5, 5.41) is 5.77. The van der Waals surface area contributed by atoms with Crippen LogP contribution in [0.2, 0.25) is 0 Å². The molecule has 25 heavy (non-hydrogen) atoms. The highest BCUT2D eigenvalue weighted by atomic mass is 32.2. The molecule has 0 spiro atoms. The number of hydrogen-bond donors (Lipinski definition) is 3. The van der Waals surface area contributed by atoms with Crippen LogP contribution >= 0.6 is 0 Å². The molecule has 1 aromatic rings. The third-order valence-corrected chi connectivity index (χ3v) is 5.69. The monoisotopic (exact) mass is 372 g/mol. The van der Waals surface area contributed by atoms with Gasteiger partial charge in [0.2, 0.25) is 15.9 Å². The average molecular weight is 372 g/mol. The minimum absolute atomic E-state index is 0.0693. The molecule has 0 saturated carbocycles. The lowest BCUT2D eigenvalue weighted by Crippen LogP contribution is -2.39. The first-order valence-electron chi connectivity index (χ1n) is 8.25. The van der Waals surface area contributed by atoms with Gasteiger partial charge in [-0.3, -0.25) is 4.79 Å². The van der Waals surface area contributed by atoms with Gasteiger partial charge in [-0.1, -0.05) is 13.8 Å². The standard InChI is InChI=1S/C16H28N4O4S/c1-5-18-14-9-8-12(25(22,23)20(6-2)7-3)10-15(14)19-16(21)13(17)11-24-4/h8-10,13,18H,5-7,11,17H2,1-4H3,(H,19,21). The molecule has 1 unspecified atom stereocenters. The molecule has 0 heterocycles. The van der Waals surface area contributed by atoms with Crippen molar-refractivity contribution in [1.29, 1.82) is 0 Å². The molecular formula is C16H28N4O4S. The lowest BCUT2D eigenvalue weighted by atomic mass is 10.2. The molecular weight excluding hydrogens is 344 g/mol. The number of methoxy groups -OCH3 is 1. The van der Waals surface area contributed by atoms with Crippen molar-refractivity contribution in [2.45, 2.75) is 31.7 Å². The van der Waals surface area contributed by atoms with E-state index in [0.29, 0.717) is 31.0 Å². The third kappa shape index (κ3) is 5.40. The van der Waals surface area contributed by atoms with Gasteiger partial charge in [0, 0.05) is 26.7 Å². The van der Waals surface area contributed by atoms with Gasteiger partial charge in [0.25, 0.3) is 0 Å². The minimum atomic E-state index is -3.62. The third-order valence-electron chi connectivity index (χ3n) is 3.64. The normalized spacial score (nSPS) is 12.9. The number of ether oxygens (including phenoxy) is 1. The molecule has 0 radical (unpaired) electrons. The topological polar surface area (TPSA) is 114 Å². The van der Waals surface area contributed by atoms with Crippen molar-refractivity contribution in [2.24, 2.45) is 5.73 Å². The van der Waals surface area contributed by atoms with E-state index in [0.717, 1.165) is 0 Å². The Morgan fingerprint density at radius 1 is 1.24 bits per heavy atom.